The molecule has 4 rings (SSSR count). The van der Waals surface area contributed by atoms with Crippen molar-refractivity contribution in [2.75, 3.05) is 5.32 Å². The Hall–Kier alpha value is -3.07. The van der Waals surface area contributed by atoms with Gasteiger partial charge in [-0.2, -0.15) is 0 Å². The smallest absolute Gasteiger partial charge is 0.150 e. The maximum absolute atomic E-state index is 4.65. The fourth-order valence-corrected chi connectivity index (χ4v) is 3.47. The molecule has 0 aliphatic heterocycles. The average molecular weight is 341 g/mol. The molecule has 2 heterocycles. The van der Waals surface area contributed by atoms with Gasteiger partial charge in [-0.1, -0.05) is 60.7 Å². The van der Waals surface area contributed by atoms with Gasteiger partial charge >= 0.3 is 0 Å². The van der Waals surface area contributed by atoms with Gasteiger partial charge < -0.3 is 9.88 Å². The highest BCUT2D eigenvalue weighted by molar-refractivity contribution is 5.93. The minimum atomic E-state index is 0.765. The summed E-state index contributed by atoms with van der Waals surface area (Å²) >= 11 is 0. The van der Waals surface area contributed by atoms with E-state index in [4.69, 9.17) is 0 Å². The van der Waals surface area contributed by atoms with Crippen molar-refractivity contribution in [2.24, 2.45) is 0 Å². The van der Waals surface area contributed by atoms with E-state index in [1.165, 1.54) is 33.3 Å². The summed E-state index contributed by atoms with van der Waals surface area (Å²) in [5, 5.41) is 4.81. The van der Waals surface area contributed by atoms with Crippen LogP contribution < -0.4 is 5.32 Å². The summed E-state index contributed by atoms with van der Waals surface area (Å²) in [6, 6.07) is 23.2. The fourth-order valence-electron chi connectivity index (χ4n) is 3.47. The Bertz CT molecular complexity index is 1020. The van der Waals surface area contributed by atoms with Gasteiger partial charge in [-0.25, -0.2) is 4.98 Å². The van der Waals surface area contributed by atoms with E-state index in [-0.39, 0.29) is 0 Å². The first-order valence-electron chi connectivity index (χ1n) is 9.00. The van der Waals surface area contributed by atoms with Crippen LogP contribution in [0.3, 0.4) is 0 Å². The second-order valence-electron chi connectivity index (χ2n) is 6.68. The van der Waals surface area contributed by atoms with E-state index in [0.717, 1.165) is 18.9 Å². The van der Waals surface area contributed by atoms with Crippen molar-refractivity contribution in [3.63, 3.8) is 0 Å². The quantitative estimate of drug-likeness (QED) is 0.533. The molecule has 1 N–H and O–H groups in total. The zero-order chi connectivity index (χ0) is 17.9. The number of anilines is 1. The van der Waals surface area contributed by atoms with E-state index in [2.05, 4.69) is 89.4 Å². The van der Waals surface area contributed by atoms with Gasteiger partial charge in [-0.05, 0) is 36.6 Å². The third kappa shape index (κ3) is 3.08. The minimum absolute atomic E-state index is 0.765. The molecule has 0 saturated heterocycles. The highest BCUT2D eigenvalue weighted by Gasteiger charge is 2.15. The number of hydrogen-bond acceptors (Lipinski definition) is 2. The molecule has 0 aliphatic carbocycles. The van der Waals surface area contributed by atoms with Crippen LogP contribution in [0.25, 0.3) is 10.9 Å². The average Bonchev–Trinajstić information content (AvgIpc) is 2.93. The molecule has 0 unspecified atom stereocenters. The van der Waals surface area contributed by atoms with Crippen molar-refractivity contribution in [3.8, 4) is 0 Å². The molecule has 0 amide bonds. The van der Waals surface area contributed by atoms with Crippen LogP contribution in [0, 0.1) is 13.8 Å². The Morgan fingerprint density at radius 3 is 2.19 bits per heavy atom. The van der Waals surface area contributed by atoms with Crippen molar-refractivity contribution in [3.05, 3.63) is 95.3 Å². The van der Waals surface area contributed by atoms with E-state index < -0.39 is 0 Å². The van der Waals surface area contributed by atoms with Crippen molar-refractivity contribution in [2.45, 2.75) is 26.9 Å². The lowest BCUT2D eigenvalue weighted by Gasteiger charge is -2.13. The summed E-state index contributed by atoms with van der Waals surface area (Å²) in [4.78, 5) is 4.65. The molecule has 130 valence electrons. The van der Waals surface area contributed by atoms with E-state index in [9.17, 15) is 0 Å². The van der Waals surface area contributed by atoms with E-state index in [1.54, 1.807) is 0 Å². The standard InChI is InChI=1S/C23H23N3/c1-17-18(2)26(16-20-11-7-4-8-12-20)22-21(17)13-14-24-23(22)25-15-19-9-5-3-6-10-19/h3-14H,15-16H2,1-2H3,(H,24,25). The number of nitrogens with zero attached hydrogens (tertiary/aromatic N) is 2. The highest BCUT2D eigenvalue weighted by atomic mass is 15.1. The van der Waals surface area contributed by atoms with Crippen LogP contribution in [0.5, 0.6) is 0 Å². The first-order valence-corrected chi connectivity index (χ1v) is 9.00. The van der Waals surface area contributed by atoms with Crippen LogP contribution in [-0.4, -0.2) is 9.55 Å². The van der Waals surface area contributed by atoms with Crippen LogP contribution in [0.2, 0.25) is 0 Å². The van der Waals surface area contributed by atoms with Crippen LogP contribution in [0.15, 0.2) is 72.9 Å². The molecule has 2 aromatic carbocycles. The Kier molecular flexibility index (Phi) is 4.44. The molecular formula is C23H23N3. The predicted molar refractivity (Wildman–Crippen MR) is 109 cm³/mol. The Balaban J connectivity index is 1.75. The lowest BCUT2D eigenvalue weighted by Crippen LogP contribution is -2.06. The summed E-state index contributed by atoms with van der Waals surface area (Å²) in [5.41, 5.74) is 6.34. The molecule has 3 heteroatoms. The third-order valence-electron chi connectivity index (χ3n) is 5.03. The van der Waals surface area contributed by atoms with Gasteiger partial charge in [0.25, 0.3) is 0 Å². The number of rotatable bonds is 5. The number of fused-ring (bicyclic) bond motifs is 1. The van der Waals surface area contributed by atoms with E-state index in [0.29, 0.717) is 0 Å². The van der Waals surface area contributed by atoms with Crippen molar-refractivity contribution in [1.82, 2.24) is 9.55 Å². The normalized spacial score (nSPS) is 11.0. The second-order valence-corrected chi connectivity index (χ2v) is 6.68. The minimum Gasteiger partial charge on any atom is -0.364 e. The molecule has 0 aliphatic rings. The van der Waals surface area contributed by atoms with Crippen LogP contribution >= 0.6 is 0 Å². The molecular weight excluding hydrogens is 318 g/mol. The van der Waals surface area contributed by atoms with Crippen LogP contribution in [0.4, 0.5) is 5.82 Å². The molecule has 4 aromatic rings. The lowest BCUT2D eigenvalue weighted by atomic mass is 10.2. The van der Waals surface area contributed by atoms with Gasteiger partial charge in [0, 0.05) is 30.4 Å². The van der Waals surface area contributed by atoms with Crippen LogP contribution in [-0.2, 0) is 13.1 Å². The molecule has 0 bridgehead atoms. The summed E-state index contributed by atoms with van der Waals surface area (Å²) in [6.07, 6.45) is 1.90. The largest absolute Gasteiger partial charge is 0.364 e. The van der Waals surface area contributed by atoms with E-state index in [1.807, 2.05) is 12.3 Å². The maximum atomic E-state index is 4.65. The van der Waals surface area contributed by atoms with Gasteiger partial charge in [0.2, 0.25) is 0 Å². The molecule has 0 atom stereocenters. The SMILES string of the molecule is Cc1c(C)n(Cc2ccccc2)c2c(NCc3ccccc3)nccc12. The number of hydrogen-bond donors (Lipinski definition) is 1. The lowest BCUT2D eigenvalue weighted by molar-refractivity contribution is 0.799. The number of aryl methyl sites for hydroxylation is 1. The van der Waals surface area contributed by atoms with Gasteiger partial charge in [-0.15, -0.1) is 0 Å². The number of aromatic nitrogens is 2. The highest BCUT2D eigenvalue weighted by Crippen LogP contribution is 2.30. The molecule has 26 heavy (non-hydrogen) atoms. The third-order valence-corrected chi connectivity index (χ3v) is 5.03. The number of nitrogens with one attached hydrogen (secondary N) is 1. The topological polar surface area (TPSA) is 29.9 Å². The van der Waals surface area contributed by atoms with Gasteiger partial charge in [0.1, 0.15) is 0 Å². The summed E-state index contributed by atoms with van der Waals surface area (Å²) in [5.74, 6) is 0.943. The Morgan fingerprint density at radius 1 is 0.846 bits per heavy atom. The Morgan fingerprint density at radius 2 is 1.50 bits per heavy atom. The first kappa shape index (κ1) is 16.4. The first-order chi connectivity index (χ1) is 12.7. The molecule has 0 spiro atoms. The second kappa shape index (κ2) is 7.04. The van der Waals surface area contributed by atoms with Crippen molar-refractivity contribution >= 4 is 16.7 Å². The maximum Gasteiger partial charge on any atom is 0.150 e. The molecule has 0 radical (unpaired) electrons. The summed E-state index contributed by atoms with van der Waals surface area (Å²) < 4.78 is 2.38. The zero-order valence-electron chi connectivity index (χ0n) is 15.2. The van der Waals surface area contributed by atoms with Crippen LogP contribution in [0.1, 0.15) is 22.4 Å². The summed E-state index contributed by atoms with van der Waals surface area (Å²) in [7, 11) is 0. The fraction of sp³-hybridized carbons (Fsp3) is 0.174. The number of benzene rings is 2. The monoisotopic (exact) mass is 341 g/mol. The molecule has 0 saturated carbocycles. The molecule has 2 aromatic heterocycles. The van der Waals surface area contributed by atoms with E-state index >= 15 is 0 Å². The summed E-state index contributed by atoms with van der Waals surface area (Å²) in [6.45, 7) is 6.00. The molecule has 0 fully saturated rings. The van der Waals surface area contributed by atoms with Gasteiger partial charge in [0.05, 0.1) is 5.52 Å². The van der Waals surface area contributed by atoms with Gasteiger partial charge in [-0.3, -0.25) is 0 Å². The predicted octanol–water partition coefficient (Wildman–Crippen LogP) is 5.31. The molecule has 3 nitrogen and oxygen atoms in total. The zero-order valence-corrected chi connectivity index (χ0v) is 15.2. The van der Waals surface area contributed by atoms with Crippen molar-refractivity contribution < 1.29 is 0 Å². The Labute approximate surface area is 154 Å². The number of pyridine rings is 1. The van der Waals surface area contributed by atoms with Crippen molar-refractivity contribution in [1.29, 1.82) is 0 Å². The van der Waals surface area contributed by atoms with Gasteiger partial charge in [0.15, 0.2) is 5.82 Å².